The van der Waals surface area contributed by atoms with E-state index in [1.54, 1.807) is 6.07 Å². The zero-order valence-electron chi connectivity index (χ0n) is 11.5. The Balaban J connectivity index is 2.46. The van der Waals surface area contributed by atoms with Crippen molar-refractivity contribution in [1.82, 2.24) is 0 Å². The molecule has 0 aliphatic carbocycles. The van der Waals surface area contributed by atoms with E-state index in [0.717, 1.165) is 38.9 Å². The number of rotatable bonds is 8. The number of hydrogen-bond acceptors (Lipinski definition) is 2. The van der Waals surface area contributed by atoms with Crippen LogP contribution in [0.25, 0.3) is 0 Å². The minimum absolute atomic E-state index is 0.130. The van der Waals surface area contributed by atoms with E-state index in [1.807, 2.05) is 12.1 Å². The highest BCUT2D eigenvalue weighted by Gasteiger charge is 2.09. The van der Waals surface area contributed by atoms with E-state index < -0.39 is 0 Å². The van der Waals surface area contributed by atoms with Gasteiger partial charge in [-0.3, -0.25) is 0 Å². The van der Waals surface area contributed by atoms with E-state index in [0.29, 0.717) is 11.6 Å². The van der Waals surface area contributed by atoms with E-state index in [1.165, 1.54) is 6.07 Å². The summed E-state index contributed by atoms with van der Waals surface area (Å²) >= 11 is 0. The second-order valence-electron chi connectivity index (χ2n) is 4.86. The SMILES string of the molecule is CCN(CCCC(C)CCN)c1ccccc1F. The summed E-state index contributed by atoms with van der Waals surface area (Å²) in [6, 6.07) is 6.99. The Bertz CT molecular complexity index is 341. The van der Waals surface area contributed by atoms with Gasteiger partial charge in [-0.2, -0.15) is 0 Å². The third kappa shape index (κ3) is 4.65. The number of hydrogen-bond donors (Lipinski definition) is 1. The van der Waals surface area contributed by atoms with Crippen LogP contribution in [0.15, 0.2) is 24.3 Å². The van der Waals surface area contributed by atoms with Crippen molar-refractivity contribution in [2.45, 2.75) is 33.1 Å². The molecule has 18 heavy (non-hydrogen) atoms. The topological polar surface area (TPSA) is 29.3 Å². The zero-order valence-corrected chi connectivity index (χ0v) is 11.5. The summed E-state index contributed by atoms with van der Waals surface area (Å²) in [6.45, 7) is 6.80. The van der Waals surface area contributed by atoms with Gasteiger partial charge in [-0.15, -0.1) is 0 Å². The molecule has 1 aromatic rings. The van der Waals surface area contributed by atoms with Gasteiger partial charge in [0.1, 0.15) is 5.82 Å². The summed E-state index contributed by atoms with van der Waals surface area (Å²) in [5.74, 6) is 0.531. The number of nitrogens with zero attached hydrogens (tertiary/aromatic N) is 1. The Kier molecular flexibility index (Phi) is 6.73. The van der Waals surface area contributed by atoms with Crippen LogP contribution in [0.2, 0.25) is 0 Å². The fraction of sp³-hybridized carbons (Fsp3) is 0.600. The molecule has 0 aliphatic heterocycles. The lowest BCUT2D eigenvalue weighted by molar-refractivity contribution is 0.479. The van der Waals surface area contributed by atoms with E-state index in [9.17, 15) is 4.39 Å². The second-order valence-corrected chi connectivity index (χ2v) is 4.86. The highest BCUT2D eigenvalue weighted by Crippen LogP contribution is 2.19. The summed E-state index contributed by atoms with van der Waals surface area (Å²) in [5, 5.41) is 0. The van der Waals surface area contributed by atoms with Crippen LogP contribution in [-0.2, 0) is 0 Å². The van der Waals surface area contributed by atoms with Crippen LogP contribution in [0.3, 0.4) is 0 Å². The molecule has 0 amide bonds. The van der Waals surface area contributed by atoms with Gasteiger partial charge < -0.3 is 10.6 Å². The summed E-state index contributed by atoms with van der Waals surface area (Å²) in [6.07, 6.45) is 3.32. The lowest BCUT2D eigenvalue weighted by Gasteiger charge is -2.24. The van der Waals surface area contributed by atoms with Crippen molar-refractivity contribution in [1.29, 1.82) is 0 Å². The van der Waals surface area contributed by atoms with Gasteiger partial charge in [0.15, 0.2) is 0 Å². The molecule has 102 valence electrons. The minimum atomic E-state index is -0.130. The van der Waals surface area contributed by atoms with Crippen LogP contribution in [0.1, 0.15) is 33.1 Å². The number of halogens is 1. The van der Waals surface area contributed by atoms with E-state index in [2.05, 4.69) is 18.7 Å². The maximum atomic E-state index is 13.7. The fourth-order valence-electron chi connectivity index (χ4n) is 2.22. The maximum absolute atomic E-state index is 13.7. The molecule has 1 rings (SSSR count). The monoisotopic (exact) mass is 252 g/mol. The predicted molar refractivity (Wildman–Crippen MR) is 76.4 cm³/mol. The average Bonchev–Trinajstić information content (AvgIpc) is 2.36. The highest BCUT2D eigenvalue weighted by molar-refractivity contribution is 5.47. The van der Waals surface area contributed by atoms with Crippen LogP contribution in [0, 0.1) is 11.7 Å². The van der Waals surface area contributed by atoms with Gasteiger partial charge in [0.05, 0.1) is 5.69 Å². The van der Waals surface area contributed by atoms with Gasteiger partial charge in [-0.25, -0.2) is 4.39 Å². The first-order valence-corrected chi connectivity index (χ1v) is 6.88. The van der Waals surface area contributed by atoms with Crippen LogP contribution >= 0.6 is 0 Å². The van der Waals surface area contributed by atoms with Crippen molar-refractivity contribution in [2.75, 3.05) is 24.5 Å². The molecule has 0 spiro atoms. The van der Waals surface area contributed by atoms with Gasteiger partial charge in [-0.05, 0) is 50.8 Å². The summed E-state index contributed by atoms with van der Waals surface area (Å²) in [5.41, 5.74) is 6.25. The maximum Gasteiger partial charge on any atom is 0.146 e. The molecule has 0 aromatic heterocycles. The first-order valence-electron chi connectivity index (χ1n) is 6.88. The van der Waals surface area contributed by atoms with Crippen molar-refractivity contribution in [3.63, 3.8) is 0 Å². The smallest absolute Gasteiger partial charge is 0.146 e. The van der Waals surface area contributed by atoms with E-state index in [4.69, 9.17) is 5.73 Å². The fourth-order valence-corrected chi connectivity index (χ4v) is 2.22. The van der Waals surface area contributed by atoms with Gasteiger partial charge in [0.2, 0.25) is 0 Å². The Morgan fingerprint density at radius 2 is 2.00 bits per heavy atom. The predicted octanol–water partition coefficient (Wildman–Crippen LogP) is 3.42. The quantitative estimate of drug-likeness (QED) is 0.768. The van der Waals surface area contributed by atoms with Gasteiger partial charge >= 0.3 is 0 Å². The number of para-hydroxylation sites is 1. The molecule has 0 aliphatic rings. The molecule has 0 saturated heterocycles. The molecule has 3 heteroatoms. The molecule has 2 nitrogen and oxygen atoms in total. The lowest BCUT2D eigenvalue weighted by atomic mass is 10.0. The summed E-state index contributed by atoms with van der Waals surface area (Å²) < 4.78 is 13.7. The standard InChI is InChI=1S/C15H25FN2/c1-3-18(12-6-7-13(2)10-11-17)15-9-5-4-8-14(15)16/h4-5,8-9,13H,3,6-7,10-12,17H2,1-2H3. The third-order valence-corrected chi connectivity index (χ3v) is 3.36. The van der Waals surface area contributed by atoms with Crippen molar-refractivity contribution in [2.24, 2.45) is 11.7 Å². The molecule has 0 heterocycles. The Hall–Kier alpha value is -1.09. The highest BCUT2D eigenvalue weighted by atomic mass is 19.1. The molecule has 0 fully saturated rings. The Morgan fingerprint density at radius 3 is 2.61 bits per heavy atom. The van der Waals surface area contributed by atoms with Crippen molar-refractivity contribution in [3.8, 4) is 0 Å². The first kappa shape index (κ1) is 15.0. The second kappa shape index (κ2) is 8.09. The normalized spacial score (nSPS) is 12.4. The van der Waals surface area contributed by atoms with Gasteiger partial charge in [-0.1, -0.05) is 19.1 Å². The zero-order chi connectivity index (χ0) is 13.4. The summed E-state index contributed by atoms with van der Waals surface area (Å²) in [7, 11) is 0. The molecule has 2 N–H and O–H groups in total. The van der Waals surface area contributed by atoms with Crippen molar-refractivity contribution >= 4 is 5.69 Å². The number of benzene rings is 1. The van der Waals surface area contributed by atoms with Crippen molar-refractivity contribution in [3.05, 3.63) is 30.1 Å². The average molecular weight is 252 g/mol. The molecular weight excluding hydrogens is 227 g/mol. The van der Waals surface area contributed by atoms with Crippen LogP contribution < -0.4 is 10.6 Å². The van der Waals surface area contributed by atoms with E-state index in [-0.39, 0.29) is 5.82 Å². The molecule has 0 radical (unpaired) electrons. The molecule has 0 bridgehead atoms. The molecule has 1 atom stereocenters. The van der Waals surface area contributed by atoms with Crippen molar-refractivity contribution < 1.29 is 4.39 Å². The third-order valence-electron chi connectivity index (χ3n) is 3.36. The van der Waals surface area contributed by atoms with Gasteiger partial charge in [0, 0.05) is 13.1 Å². The molecule has 0 saturated carbocycles. The largest absolute Gasteiger partial charge is 0.369 e. The number of nitrogens with two attached hydrogens (primary N) is 1. The molecule has 1 unspecified atom stereocenters. The van der Waals surface area contributed by atoms with Crippen LogP contribution in [0.4, 0.5) is 10.1 Å². The number of anilines is 1. The van der Waals surface area contributed by atoms with Crippen LogP contribution in [0.5, 0.6) is 0 Å². The first-order chi connectivity index (χ1) is 8.69. The molecular formula is C15H25FN2. The minimum Gasteiger partial charge on any atom is -0.369 e. The Morgan fingerprint density at radius 1 is 1.28 bits per heavy atom. The van der Waals surface area contributed by atoms with E-state index >= 15 is 0 Å². The lowest BCUT2D eigenvalue weighted by Crippen LogP contribution is -2.25. The van der Waals surface area contributed by atoms with Crippen LogP contribution in [-0.4, -0.2) is 19.6 Å². The van der Waals surface area contributed by atoms with Gasteiger partial charge in [0.25, 0.3) is 0 Å². The Labute approximate surface area is 110 Å². The summed E-state index contributed by atoms with van der Waals surface area (Å²) in [4.78, 5) is 2.10. The molecule has 1 aromatic carbocycles.